The van der Waals surface area contributed by atoms with Gasteiger partial charge in [-0.1, -0.05) is 41.4 Å². The summed E-state index contributed by atoms with van der Waals surface area (Å²) >= 11 is 13.4. The highest BCUT2D eigenvalue weighted by Crippen LogP contribution is 2.31. The molecule has 0 amide bonds. The van der Waals surface area contributed by atoms with Crippen LogP contribution in [-0.4, -0.2) is 9.55 Å². The minimum atomic E-state index is -0.451. The molecule has 0 radical (unpaired) electrons. The topological polar surface area (TPSA) is 34.9 Å². The molecule has 4 rings (SSSR count). The van der Waals surface area contributed by atoms with Gasteiger partial charge in [-0.25, -0.2) is 9.37 Å². The van der Waals surface area contributed by atoms with Crippen molar-refractivity contribution in [2.45, 2.75) is 6.54 Å². The monoisotopic (exact) mass is 404 g/mol. The fourth-order valence-electron chi connectivity index (χ4n) is 2.78. The second kappa shape index (κ2) is 6.83. The molecule has 0 saturated heterocycles. The highest BCUT2D eigenvalue weighted by Gasteiger charge is 2.15. The SMILES string of the molecule is O=c1c2c(-c3ccc(Cl)cc3)csc2ncn1Cc1c(F)cccc1Cl. The molecule has 130 valence electrons. The zero-order chi connectivity index (χ0) is 18.3. The average molecular weight is 405 g/mol. The van der Waals surface area contributed by atoms with E-state index in [-0.39, 0.29) is 22.7 Å². The van der Waals surface area contributed by atoms with Crippen LogP contribution in [0.3, 0.4) is 0 Å². The Morgan fingerprint density at radius 2 is 1.88 bits per heavy atom. The number of rotatable bonds is 3. The van der Waals surface area contributed by atoms with Crippen molar-refractivity contribution in [2.24, 2.45) is 0 Å². The van der Waals surface area contributed by atoms with Gasteiger partial charge in [0, 0.05) is 26.6 Å². The molecule has 0 aliphatic rings. The van der Waals surface area contributed by atoms with Gasteiger partial charge in [0.15, 0.2) is 0 Å². The number of fused-ring (bicyclic) bond motifs is 1. The summed E-state index contributed by atoms with van der Waals surface area (Å²) in [7, 11) is 0. The first-order chi connectivity index (χ1) is 12.5. The Hall–Kier alpha value is -2.21. The first kappa shape index (κ1) is 17.2. The molecule has 3 nitrogen and oxygen atoms in total. The Bertz CT molecular complexity index is 1150. The molecule has 0 atom stereocenters. The molecule has 0 spiro atoms. The first-order valence-electron chi connectivity index (χ1n) is 7.70. The highest BCUT2D eigenvalue weighted by molar-refractivity contribution is 7.17. The smallest absolute Gasteiger partial charge is 0.263 e. The zero-order valence-electron chi connectivity index (χ0n) is 13.2. The molecule has 0 unspecified atom stereocenters. The molecular weight excluding hydrogens is 394 g/mol. The molecule has 0 saturated carbocycles. The normalized spacial score (nSPS) is 11.2. The molecular formula is C19H11Cl2FN2OS. The van der Waals surface area contributed by atoms with Crippen LogP contribution in [0.5, 0.6) is 0 Å². The lowest BCUT2D eigenvalue weighted by Crippen LogP contribution is -2.21. The Kier molecular flexibility index (Phi) is 4.53. The van der Waals surface area contributed by atoms with E-state index in [1.165, 1.54) is 34.4 Å². The number of benzene rings is 2. The van der Waals surface area contributed by atoms with Crippen LogP contribution in [0.15, 0.2) is 59.0 Å². The van der Waals surface area contributed by atoms with Crippen molar-refractivity contribution in [3.8, 4) is 11.1 Å². The van der Waals surface area contributed by atoms with Gasteiger partial charge in [-0.05, 0) is 29.8 Å². The summed E-state index contributed by atoms with van der Waals surface area (Å²) in [4.78, 5) is 18.0. The maximum Gasteiger partial charge on any atom is 0.263 e. The van der Waals surface area contributed by atoms with Gasteiger partial charge in [-0.3, -0.25) is 9.36 Å². The summed E-state index contributed by atoms with van der Waals surface area (Å²) in [5.74, 6) is -0.451. The van der Waals surface area contributed by atoms with Crippen molar-refractivity contribution in [1.82, 2.24) is 9.55 Å². The lowest BCUT2D eigenvalue weighted by atomic mass is 10.1. The number of thiophene rings is 1. The number of halogens is 3. The van der Waals surface area contributed by atoms with Crippen LogP contribution < -0.4 is 5.56 Å². The van der Waals surface area contributed by atoms with Gasteiger partial charge in [0.05, 0.1) is 18.3 Å². The summed E-state index contributed by atoms with van der Waals surface area (Å²) < 4.78 is 15.4. The van der Waals surface area contributed by atoms with E-state index in [1.54, 1.807) is 18.2 Å². The average Bonchev–Trinajstić information content (AvgIpc) is 3.05. The van der Waals surface area contributed by atoms with Gasteiger partial charge >= 0.3 is 0 Å². The summed E-state index contributed by atoms with van der Waals surface area (Å²) in [5.41, 5.74) is 1.69. The second-order valence-corrected chi connectivity index (χ2v) is 7.42. The van der Waals surface area contributed by atoms with E-state index in [0.29, 0.717) is 15.2 Å². The van der Waals surface area contributed by atoms with Crippen molar-refractivity contribution in [1.29, 1.82) is 0 Å². The molecule has 0 aliphatic heterocycles. The second-order valence-electron chi connectivity index (χ2n) is 5.71. The van der Waals surface area contributed by atoms with E-state index in [2.05, 4.69) is 4.98 Å². The molecule has 4 aromatic rings. The summed E-state index contributed by atoms with van der Waals surface area (Å²) in [6, 6.07) is 11.7. The van der Waals surface area contributed by atoms with Gasteiger partial charge in [-0.15, -0.1) is 11.3 Å². The number of hydrogen-bond donors (Lipinski definition) is 0. The lowest BCUT2D eigenvalue weighted by Gasteiger charge is -2.09. The molecule has 26 heavy (non-hydrogen) atoms. The van der Waals surface area contributed by atoms with Gasteiger partial charge < -0.3 is 0 Å². The van der Waals surface area contributed by atoms with Crippen molar-refractivity contribution < 1.29 is 4.39 Å². The minimum Gasteiger partial charge on any atom is -0.294 e. The number of hydrogen-bond acceptors (Lipinski definition) is 3. The Morgan fingerprint density at radius 3 is 2.62 bits per heavy atom. The van der Waals surface area contributed by atoms with Crippen LogP contribution in [0.4, 0.5) is 4.39 Å². The van der Waals surface area contributed by atoms with Gasteiger partial charge in [-0.2, -0.15) is 0 Å². The molecule has 0 bridgehead atoms. The fraction of sp³-hybridized carbons (Fsp3) is 0.0526. The third kappa shape index (κ3) is 3.03. The van der Waals surface area contributed by atoms with E-state index >= 15 is 0 Å². The van der Waals surface area contributed by atoms with E-state index < -0.39 is 5.82 Å². The Morgan fingerprint density at radius 1 is 1.12 bits per heavy atom. The molecule has 2 aromatic heterocycles. The lowest BCUT2D eigenvalue weighted by molar-refractivity contribution is 0.595. The van der Waals surface area contributed by atoms with Crippen LogP contribution in [0, 0.1) is 5.82 Å². The van der Waals surface area contributed by atoms with E-state index in [4.69, 9.17) is 23.2 Å². The first-order valence-corrected chi connectivity index (χ1v) is 9.33. The number of aromatic nitrogens is 2. The summed E-state index contributed by atoms with van der Waals surface area (Å²) in [5, 5.41) is 3.30. The fourth-order valence-corrected chi connectivity index (χ4v) is 4.03. The largest absolute Gasteiger partial charge is 0.294 e. The van der Waals surface area contributed by atoms with Crippen molar-refractivity contribution in [3.05, 3.63) is 86.0 Å². The summed E-state index contributed by atoms with van der Waals surface area (Å²) in [6.45, 7) is 0.0170. The van der Waals surface area contributed by atoms with E-state index in [9.17, 15) is 9.18 Å². The van der Waals surface area contributed by atoms with E-state index in [1.807, 2.05) is 17.5 Å². The molecule has 2 aromatic carbocycles. The van der Waals surface area contributed by atoms with Gasteiger partial charge in [0.25, 0.3) is 5.56 Å². The minimum absolute atomic E-state index is 0.0170. The Balaban J connectivity index is 1.86. The predicted octanol–water partition coefficient (Wildman–Crippen LogP) is 5.62. The van der Waals surface area contributed by atoms with Crippen molar-refractivity contribution in [3.63, 3.8) is 0 Å². The summed E-state index contributed by atoms with van der Waals surface area (Å²) in [6.07, 6.45) is 1.43. The molecule has 0 aliphatic carbocycles. The predicted molar refractivity (Wildman–Crippen MR) is 105 cm³/mol. The van der Waals surface area contributed by atoms with Crippen LogP contribution in [0.1, 0.15) is 5.56 Å². The van der Waals surface area contributed by atoms with E-state index in [0.717, 1.165) is 11.1 Å². The third-order valence-corrected chi connectivity index (χ3v) is 5.60. The Labute approximate surface area is 162 Å². The van der Waals surface area contributed by atoms with Crippen LogP contribution in [0.2, 0.25) is 10.0 Å². The van der Waals surface area contributed by atoms with Crippen molar-refractivity contribution in [2.75, 3.05) is 0 Å². The maximum absolute atomic E-state index is 14.1. The number of nitrogens with zero attached hydrogens (tertiary/aromatic N) is 2. The van der Waals surface area contributed by atoms with Crippen LogP contribution in [-0.2, 0) is 6.54 Å². The molecule has 0 N–H and O–H groups in total. The maximum atomic E-state index is 14.1. The molecule has 7 heteroatoms. The van der Waals surface area contributed by atoms with Crippen molar-refractivity contribution >= 4 is 44.8 Å². The van der Waals surface area contributed by atoms with Gasteiger partial charge in [0.2, 0.25) is 0 Å². The van der Waals surface area contributed by atoms with Crippen LogP contribution in [0.25, 0.3) is 21.3 Å². The third-order valence-electron chi connectivity index (χ3n) is 4.11. The highest BCUT2D eigenvalue weighted by atomic mass is 35.5. The zero-order valence-corrected chi connectivity index (χ0v) is 15.6. The molecule has 0 fully saturated rings. The molecule has 2 heterocycles. The van der Waals surface area contributed by atoms with Gasteiger partial charge in [0.1, 0.15) is 10.6 Å². The quantitative estimate of drug-likeness (QED) is 0.444. The van der Waals surface area contributed by atoms with Crippen LogP contribution >= 0.6 is 34.5 Å². The standard InChI is InChI=1S/C19H11Cl2FN2OS/c20-12-6-4-11(5-7-12)14-9-26-18-17(14)19(25)24(10-23-18)8-13-15(21)2-1-3-16(13)22/h1-7,9-10H,8H2.